The highest BCUT2D eigenvalue weighted by Crippen LogP contribution is 2.32. The molecule has 0 spiro atoms. The zero-order valence-corrected chi connectivity index (χ0v) is 12.4. The van der Waals surface area contributed by atoms with Crippen LogP contribution in [0.4, 0.5) is 0 Å². The van der Waals surface area contributed by atoms with Gasteiger partial charge in [0.1, 0.15) is 0 Å². The molecule has 4 heteroatoms. The van der Waals surface area contributed by atoms with E-state index in [0.29, 0.717) is 0 Å². The maximum Gasteiger partial charge on any atom is 0.305 e. The highest BCUT2D eigenvalue weighted by molar-refractivity contribution is 7.12. The third kappa shape index (κ3) is 4.05. The summed E-state index contributed by atoms with van der Waals surface area (Å²) in [5, 5.41) is 9.19. The van der Waals surface area contributed by atoms with Crippen molar-refractivity contribution in [3.05, 3.63) is 21.9 Å². The zero-order valence-electron chi connectivity index (χ0n) is 11.6. The molecule has 19 heavy (non-hydrogen) atoms. The Labute approximate surface area is 119 Å². The first-order valence-corrected chi connectivity index (χ1v) is 8.06. The van der Waals surface area contributed by atoms with Crippen LogP contribution in [-0.2, 0) is 11.2 Å². The van der Waals surface area contributed by atoms with E-state index < -0.39 is 5.97 Å². The molecule has 1 N–H and O–H groups in total. The van der Waals surface area contributed by atoms with Crippen LogP contribution in [0.5, 0.6) is 0 Å². The Morgan fingerprint density at radius 3 is 2.53 bits per heavy atom. The molecule has 1 atom stereocenters. The van der Waals surface area contributed by atoms with Gasteiger partial charge in [0.05, 0.1) is 12.5 Å². The number of aryl methyl sites for hydroxylation is 1. The molecule has 2 rings (SSSR count). The van der Waals surface area contributed by atoms with Crippen LogP contribution >= 0.6 is 11.3 Å². The predicted octanol–water partition coefficient (Wildman–Crippen LogP) is 3.70. The van der Waals surface area contributed by atoms with E-state index >= 15 is 0 Å². The lowest BCUT2D eigenvalue weighted by Crippen LogP contribution is -2.30. The zero-order chi connectivity index (χ0) is 13.7. The minimum atomic E-state index is -0.694. The van der Waals surface area contributed by atoms with Gasteiger partial charge in [-0.3, -0.25) is 9.69 Å². The fourth-order valence-electron chi connectivity index (χ4n) is 2.75. The van der Waals surface area contributed by atoms with E-state index in [2.05, 4.69) is 24.0 Å². The van der Waals surface area contributed by atoms with Gasteiger partial charge in [0.2, 0.25) is 0 Å². The van der Waals surface area contributed by atoms with Gasteiger partial charge in [0, 0.05) is 9.75 Å². The quantitative estimate of drug-likeness (QED) is 0.894. The number of rotatable bonds is 5. The van der Waals surface area contributed by atoms with Crippen LogP contribution in [0.2, 0.25) is 0 Å². The Hall–Kier alpha value is -0.870. The molecular weight excluding hydrogens is 258 g/mol. The monoisotopic (exact) mass is 281 g/mol. The van der Waals surface area contributed by atoms with Crippen molar-refractivity contribution >= 4 is 17.3 Å². The topological polar surface area (TPSA) is 40.5 Å². The van der Waals surface area contributed by atoms with Crippen molar-refractivity contribution in [2.75, 3.05) is 13.1 Å². The molecule has 0 aromatic carbocycles. The number of hydrogen-bond acceptors (Lipinski definition) is 3. The minimum absolute atomic E-state index is 0.0703. The first-order valence-electron chi connectivity index (χ1n) is 7.25. The summed E-state index contributed by atoms with van der Waals surface area (Å²) in [4.78, 5) is 16.1. The van der Waals surface area contributed by atoms with Crippen molar-refractivity contribution in [2.45, 2.75) is 51.5 Å². The number of nitrogens with zero attached hydrogens (tertiary/aromatic N) is 1. The third-order valence-electron chi connectivity index (χ3n) is 3.81. The summed E-state index contributed by atoms with van der Waals surface area (Å²) < 4.78 is 0. The number of carbonyl (C=O) groups is 1. The van der Waals surface area contributed by atoms with Gasteiger partial charge in [-0.2, -0.15) is 0 Å². The van der Waals surface area contributed by atoms with E-state index in [0.717, 1.165) is 19.5 Å². The van der Waals surface area contributed by atoms with Crippen LogP contribution < -0.4 is 0 Å². The van der Waals surface area contributed by atoms with Gasteiger partial charge in [-0.25, -0.2) is 0 Å². The summed E-state index contributed by atoms with van der Waals surface area (Å²) in [5.41, 5.74) is 0. The SMILES string of the molecule is CCc1ccc(C(CC(=O)O)N2CCCCCC2)s1. The summed E-state index contributed by atoms with van der Waals surface area (Å²) in [6.45, 7) is 4.22. The van der Waals surface area contributed by atoms with Gasteiger partial charge in [-0.05, 0) is 44.5 Å². The molecule has 0 aliphatic carbocycles. The number of carboxylic acid groups (broad SMARTS) is 1. The molecule has 106 valence electrons. The molecule has 0 saturated carbocycles. The number of likely N-dealkylation sites (tertiary alicyclic amines) is 1. The largest absolute Gasteiger partial charge is 0.481 e. The predicted molar refractivity (Wildman–Crippen MR) is 78.7 cm³/mol. The van der Waals surface area contributed by atoms with Crippen LogP contribution in [-0.4, -0.2) is 29.1 Å². The molecule has 1 aromatic heterocycles. The maximum atomic E-state index is 11.2. The van der Waals surface area contributed by atoms with Crippen LogP contribution in [0, 0.1) is 0 Å². The fourth-order valence-corrected chi connectivity index (χ4v) is 3.83. The number of hydrogen-bond donors (Lipinski definition) is 1. The summed E-state index contributed by atoms with van der Waals surface area (Å²) in [5.74, 6) is -0.694. The summed E-state index contributed by atoms with van der Waals surface area (Å²) in [6.07, 6.45) is 6.21. The fraction of sp³-hybridized carbons (Fsp3) is 0.667. The molecule has 1 aliphatic heterocycles. The molecule has 2 heterocycles. The van der Waals surface area contributed by atoms with Crippen LogP contribution in [0.1, 0.15) is 54.8 Å². The smallest absolute Gasteiger partial charge is 0.305 e. The molecule has 0 radical (unpaired) electrons. The Balaban J connectivity index is 2.15. The molecule has 1 aromatic rings. The lowest BCUT2D eigenvalue weighted by molar-refractivity contribution is -0.138. The van der Waals surface area contributed by atoms with E-state index in [1.807, 2.05) is 0 Å². The standard InChI is InChI=1S/C15H23NO2S/c1-2-12-7-8-14(19-12)13(11-15(17)18)16-9-5-3-4-6-10-16/h7-8,13H,2-6,9-11H2,1H3,(H,17,18). The molecule has 3 nitrogen and oxygen atoms in total. The Morgan fingerprint density at radius 2 is 2.00 bits per heavy atom. The first kappa shape index (κ1) is 14.5. The van der Waals surface area contributed by atoms with E-state index in [1.165, 1.54) is 35.4 Å². The van der Waals surface area contributed by atoms with Crippen molar-refractivity contribution in [2.24, 2.45) is 0 Å². The van der Waals surface area contributed by atoms with E-state index in [9.17, 15) is 9.90 Å². The summed E-state index contributed by atoms with van der Waals surface area (Å²) in [6, 6.07) is 4.34. The second-order valence-corrected chi connectivity index (χ2v) is 6.42. The second kappa shape index (κ2) is 7.06. The molecule has 1 fully saturated rings. The molecule has 1 saturated heterocycles. The first-order chi connectivity index (χ1) is 9.20. The molecule has 0 bridgehead atoms. The number of thiophene rings is 1. The third-order valence-corrected chi connectivity index (χ3v) is 5.14. The van der Waals surface area contributed by atoms with Crippen LogP contribution in [0.25, 0.3) is 0 Å². The van der Waals surface area contributed by atoms with Gasteiger partial charge in [-0.1, -0.05) is 19.8 Å². The highest BCUT2D eigenvalue weighted by atomic mass is 32.1. The van der Waals surface area contributed by atoms with Crippen LogP contribution in [0.15, 0.2) is 12.1 Å². The van der Waals surface area contributed by atoms with Gasteiger partial charge in [0.15, 0.2) is 0 Å². The van der Waals surface area contributed by atoms with Gasteiger partial charge >= 0.3 is 5.97 Å². The molecule has 1 unspecified atom stereocenters. The van der Waals surface area contributed by atoms with E-state index in [1.54, 1.807) is 11.3 Å². The van der Waals surface area contributed by atoms with Crippen molar-refractivity contribution < 1.29 is 9.90 Å². The Kier molecular flexibility index (Phi) is 5.40. The van der Waals surface area contributed by atoms with Crippen molar-refractivity contribution in [3.63, 3.8) is 0 Å². The lowest BCUT2D eigenvalue weighted by Gasteiger charge is -2.28. The summed E-state index contributed by atoms with van der Waals surface area (Å²) in [7, 11) is 0. The van der Waals surface area contributed by atoms with Crippen molar-refractivity contribution in [1.82, 2.24) is 4.90 Å². The average molecular weight is 281 g/mol. The van der Waals surface area contributed by atoms with Crippen LogP contribution in [0.3, 0.4) is 0 Å². The second-order valence-electron chi connectivity index (χ2n) is 5.22. The molecule has 0 amide bonds. The van der Waals surface area contributed by atoms with Gasteiger partial charge in [-0.15, -0.1) is 11.3 Å². The Morgan fingerprint density at radius 1 is 1.32 bits per heavy atom. The number of aliphatic carboxylic acids is 1. The molecule has 1 aliphatic rings. The van der Waals surface area contributed by atoms with E-state index in [4.69, 9.17) is 0 Å². The average Bonchev–Trinajstić information content (AvgIpc) is 2.70. The number of carboxylic acids is 1. The van der Waals surface area contributed by atoms with Gasteiger partial charge in [0.25, 0.3) is 0 Å². The maximum absolute atomic E-state index is 11.2. The highest BCUT2D eigenvalue weighted by Gasteiger charge is 2.25. The van der Waals surface area contributed by atoms with Crippen molar-refractivity contribution in [1.29, 1.82) is 0 Å². The minimum Gasteiger partial charge on any atom is -0.481 e. The molecular formula is C15H23NO2S. The summed E-state index contributed by atoms with van der Waals surface area (Å²) >= 11 is 1.78. The normalized spacial score (nSPS) is 19.0. The lowest BCUT2D eigenvalue weighted by atomic mass is 10.1. The Bertz CT molecular complexity index is 408. The van der Waals surface area contributed by atoms with E-state index in [-0.39, 0.29) is 12.5 Å². The van der Waals surface area contributed by atoms with Gasteiger partial charge < -0.3 is 5.11 Å². The van der Waals surface area contributed by atoms with Crippen molar-refractivity contribution in [3.8, 4) is 0 Å².